The molecule has 0 fully saturated rings. The monoisotopic (exact) mass is 464 g/mol. The van der Waals surface area contributed by atoms with E-state index in [2.05, 4.69) is 10.4 Å². The van der Waals surface area contributed by atoms with Gasteiger partial charge in [0.2, 0.25) is 11.8 Å². The van der Waals surface area contributed by atoms with E-state index in [0.29, 0.717) is 11.6 Å². The van der Waals surface area contributed by atoms with E-state index >= 15 is 0 Å². The number of carbonyl (C=O) groups excluding carboxylic acids is 2. The molecule has 1 N–H and O–H groups in total. The third-order valence-electron chi connectivity index (χ3n) is 5.54. The molecule has 6 nitrogen and oxygen atoms in total. The van der Waals surface area contributed by atoms with Crippen LogP contribution in [0.4, 0.5) is 5.69 Å². The SMILES string of the molecule is CCc1ccccc1NC(=O)CN(C)C(=O)/C=C/c1c(C)nn(Cc2ccccc2Cl)c1C. The largest absolute Gasteiger partial charge is 0.333 e. The molecule has 0 spiro atoms. The summed E-state index contributed by atoms with van der Waals surface area (Å²) in [5, 5.41) is 8.18. The topological polar surface area (TPSA) is 67.2 Å². The Kier molecular flexibility index (Phi) is 8.06. The molecule has 0 aliphatic rings. The summed E-state index contributed by atoms with van der Waals surface area (Å²) in [5.74, 6) is -0.494. The van der Waals surface area contributed by atoms with E-state index in [-0.39, 0.29) is 18.4 Å². The summed E-state index contributed by atoms with van der Waals surface area (Å²) in [6.07, 6.45) is 4.05. The standard InChI is InChI=1S/C26H29ClN4O2/c1-5-20-10-7-9-13-24(20)28-25(32)17-30(4)26(33)15-14-22-18(2)29-31(19(22)3)16-21-11-6-8-12-23(21)27/h6-15H,5,16-17H2,1-4H3,(H,28,32)/b15-14+. The zero-order valence-electron chi connectivity index (χ0n) is 19.4. The van der Waals surface area contributed by atoms with Crippen molar-refractivity contribution >= 4 is 35.2 Å². The van der Waals surface area contributed by atoms with Gasteiger partial charge in [-0.1, -0.05) is 54.9 Å². The van der Waals surface area contributed by atoms with E-state index in [9.17, 15) is 9.59 Å². The van der Waals surface area contributed by atoms with Gasteiger partial charge in [0.1, 0.15) is 0 Å². The number of nitrogens with zero attached hydrogens (tertiary/aromatic N) is 3. The number of aryl methyl sites for hydroxylation is 2. The number of rotatable bonds is 8. The number of halogens is 1. The molecule has 0 unspecified atom stereocenters. The van der Waals surface area contributed by atoms with Crippen LogP contribution in [0.1, 0.15) is 35.0 Å². The number of para-hydroxylation sites is 1. The van der Waals surface area contributed by atoms with E-state index in [1.54, 1.807) is 13.1 Å². The molecule has 0 saturated carbocycles. The Bertz CT molecular complexity index is 1180. The van der Waals surface area contributed by atoms with Gasteiger partial charge in [0.05, 0.1) is 18.8 Å². The maximum absolute atomic E-state index is 12.6. The number of nitrogens with one attached hydrogen (secondary N) is 1. The average Bonchev–Trinajstić information content (AvgIpc) is 3.06. The first-order valence-electron chi connectivity index (χ1n) is 10.9. The lowest BCUT2D eigenvalue weighted by Crippen LogP contribution is -2.34. The second kappa shape index (κ2) is 11.0. The van der Waals surface area contributed by atoms with Crippen LogP contribution in [-0.2, 0) is 22.6 Å². The number of likely N-dealkylation sites (N-methyl/N-ethyl adjacent to an activating group) is 1. The minimum atomic E-state index is -0.258. The van der Waals surface area contributed by atoms with Crippen molar-refractivity contribution < 1.29 is 9.59 Å². The number of carbonyl (C=O) groups is 2. The highest BCUT2D eigenvalue weighted by Crippen LogP contribution is 2.20. The number of hydrogen-bond acceptors (Lipinski definition) is 3. The number of hydrogen-bond donors (Lipinski definition) is 1. The van der Waals surface area contributed by atoms with E-state index < -0.39 is 0 Å². The molecule has 0 radical (unpaired) electrons. The van der Waals surface area contributed by atoms with Gasteiger partial charge in [0.25, 0.3) is 0 Å². The summed E-state index contributed by atoms with van der Waals surface area (Å²) >= 11 is 6.28. The zero-order chi connectivity index (χ0) is 24.0. The van der Waals surface area contributed by atoms with Crippen molar-refractivity contribution in [3.05, 3.63) is 87.7 Å². The number of benzene rings is 2. The lowest BCUT2D eigenvalue weighted by molar-refractivity contribution is -0.129. The van der Waals surface area contributed by atoms with Crippen LogP contribution in [-0.4, -0.2) is 40.1 Å². The van der Waals surface area contributed by atoms with Gasteiger partial charge in [-0.25, -0.2) is 0 Å². The normalized spacial score (nSPS) is 11.1. The Labute approximate surface area is 199 Å². The van der Waals surface area contributed by atoms with Crippen molar-refractivity contribution in [1.82, 2.24) is 14.7 Å². The first kappa shape index (κ1) is 24.3. The summed E-state index contributed by atoms with van der Waals surface area (Å²) in [7, 11) is 1.61. The van der Waals surface area contributed by atoms with E-state index in [1.807, 2.05) is 74.0 Å². The lowest BCUT2D eigenvalue weighted by atomic mass is 10.1. The summed E-state index contributed by atoms with van der Waals surface area (Å²) in [6, 6.07) is 15.3. The molecule has 0 aliphatic heterocycles. The molecule has 0 saturated heterocycles. The van der Waals surface area contributed by atoms with Crippen LogP contribution in [0.3, 0.4) is 0 Å². The first-order chi connectivity index (χ1) is 15.8. The van der Waals surface area contributed by atoms with Gasteiger partial charge in [-0.05, 0) is 49.6 Å². The molecule has 2 aromatic carbocycles. The maximum Gasteiger partial charge on any atom is 0.246 e. The molecular weight excluding hydrogens is 436 g/mol. The first-order valence-corrected chi connectivity index (χ1v) is 11.3. The quantitative estimate of drug-likeness (QED) is 0.483. The van der Waals surface area contributed by atoms with Crippen LogP contribution in [0.2, 0.25) is 5.02 Å². The van der Waals surface area contributed by atoms with Gasteiger partial charge < -0.3 is 10.2 Å². The van der Waals surface area contributed by atoms with Gasteiger partial charge >= 0.3 is 0 Å². The van der Waals surface area contributed by atoms with Gasteiger partial charge in [-0.3, -0.25) is 14.3 Å². The van der Waals surface area contributed by atoms with Gasteiger partial charge in [0.15, 0.2) is 0 Å². The fraction of sp³-hybridized carbons (Fsp3) is 0.269. The van der Waals surface area contributed by atoms with Crippen LogP contribution >= 0.6 is 11.6 Å². The second-order valence-corrected chi connectivity index (χ2v) is 8.33. The molecule has 172 valence electrons. The van der Waals surface area contributed by atoms with Crippen molar-refractivity contribution in [2.45, 2.75) is 33.7 Å². The predicted octanol–water partition coefficient (Wildman–Crippen LogP) is 4.87. The number of aromatic nitrogens is 2. The molecular formula is C26H29ClN4O2. The van der Waals surface area contributed by atoms with E-state index in [4.69, 9.17) is 11.6 Å². The summed E-state index contributed by atoms with van der Waals surface area (Å²) < 4.78 is 1.88. The molecule has 0 atom stereocenters. The van der Waals surface area contributed by atoms with Crippen LogP contribution in [0.15, 0.2) is 54.6 Å². The van der Waals surface area contributed by atoms with Crippen molar-refractivity contribution in [3.63, 3.8) is 0 Å². The fourth-order valence-electron chi connectivity index (χ4n) is 3.61. The Morgan fingerprint density at radius 1 is 1.09 bits per heavy atom. The maximum atomic E-state index is 12.6. The van der Waals surface area contributed by atoms with Crippen LogP contribution in [0, 0.1) is 13.8 Å². The summed E-state index contributed by atoms with van der Waals surface area (Å²) in [4.78, 5) is 26.4. The Balaban J connectivity index is 1.64. The highest BCUT2D eigenvalue weighted by molar-refractivity contribution is 6.31. The minimum Gasteiger partial charge on any atom is -0.333 e. The van der Waals surface area contributed by atoms with E-state index in [0.717, 1.165) is 40.2 Å². The van der Waals surface area contributed by atoms with Crippen LogP contribution in [0.5, 0.6) is 0 Å². The van der Waals surface area contributed by atoms with Crippen molar-refractivity contribution in [2.75, 3.05) is 18.9 Å². The van der Waals surface area contributed by atoms with Gasteiger partial charge in [-0.2, -0.15) is 5.10 Å². The van der Waals surface area contributed by atoms with Crippen molar-refractivity contribution in [3.8, 4) is 0 Å². The number of anilines is 1. The van der Waals surface area contributed by atoms with Crippen molar-refractivity contribution in [2.24, 2.45) is 0 Å². The smallest absolute Gasteiger partial charge is 0.246 e. The summed E-state index contributed by atoms with van der Waals surface area (Å²) in [6.45, 7) is 6.41. The number of amides is 2. The molecule has 33 heavy (non-hydrogen) atoms. The van der Waals surface area contributed by atoms with Gasteiger partial charge in [0, 0.05) is 35.1 Å². The molecule has 3 rings (SSSR count). The lowest BCUT2D eigenvalue weighted by Gasteiger charge is -2.16. The van der Waals surface area contributed by atoms with Crippen molar-refractivity contribution in [1.29, 1.82) is 0 Å². The Morgan fingerprint density at radius 3 is 2.45 bits per heavy atom. The van der Waals surface area contributed by atoms with E-state index in [1.165, 1.54) is 11.0 Å². The molecule has 7 heteroatoms. The predicted molar refractivity (Wildman–Crippen MR) is 133 cm³/mol. The highest BCUT2D eigenvalue weighted by Gasteiger charge is 2.14. The summed E-state index contributed by atoms with van der Waals surface area (Å²) in [5.41, 5.74) is 5.45. The van der Waals surface area contributed by atoms with Crippen LogP contribution < -0.4 is 5.32 Å². The third-order valence-corrected chi connectivity index (χ3v) is 5.91. The van der Waals surface area contributed by atoms with Gasteiger partial charge in [-0.15, -0.1) is 0 Å². The second-order valence-electron chi connectivity index (χ2n) is 7.92. The molecule has 1 heterocycles. The fourth-order valence-corrected chi connectivity index (χ4v) is 3.80. The zero-order valence-corrected chi connectivity index (χ0v) is 20.2. The molecule has 1 aromatic heterocycles. The molecule has 2 amide bonds. The molecule has 3 aromatic rings. The minimum absolute atomic E-state index is 0.0368. The third kappa shape index (κ3) is 6.11. The average molecular weight is 465 g/mol. The Hall–Kier alpha value is -3.38. The molecule has 0 bridgehead atoms. The highest BCUT2D eigenvalue weighted by atomic mass is 35.5. The van der Waals surface area contributed by atoms with Crippen LogP contribution in [0.25, 0.3) is 6.08 Å². The molecule has 0 aliphatic carbocycles. The Morgan fingerprint density at radius 2 is 1.76 bits per heavy atom.